The first-order valence-electron chi connectivity index (χ1n) is 5.83. The Morgan fingerprint density at radius 2 is 2.06 bits per heavy atom. The number of rotatable bonds is 3. The number of benzene rings is 1. The maximum absolute atomic E-state index is 4.41. The van der Waals surface area contributed by atoms with Gasteiger partial charge in [-0.05, 0) is 42.2 Å². The minimum atomic E-state index is 0.735. The average molecular weight is 255 g/mol. The Labute approximate surface area is 110 Å². The van der Waals surface area contributed by atoms with Gasteiger partial charge in [-0.1, -0.05) is 18.2 Å². The molecule has 0 saturated carbocycles. The molecule has 0 aliphatic heterocycles. The minimum Gasteiger partial charge on any atom is -0.369 e. The molecule has 1 N–H and O–H groups in total. The summed E-state index contributed by atoms with van der Waals surface area (Å²) in [4.78, 5) is 4.38. The molecule has 0 saturated heterocycles. The lowest BCUT2D eigenvalue weighted by atomic mass is 10.2. The second kappa shape index (κ2) is 4.74. The van der Waals surface area contributed by atoms with Crippen LogP contribution in [0.15, 0.2) is 42.6 Å². The van der Waals surface area contributed by atoms with Gasteiger partial charge in [-0.2, -0.15) is 4.37 Å². The Balaban J connectivity index is 1.83. The van der Waals surface area contributed by atoms with Crippen LogP contribution in [0.25, 0.3) is 10.9 Å². The SMILES string of the molecule is Cc1cccnc1CNc1snc2ccccc12. The van der Waals surface area contributed by atoms with Crippen molar-refractivity contribution in [2.75, 3.05) is 5.32 Å². The van der Waals surface area contributed by atoms with Crippen LogP contribution in [0.1, 0.15) is 11.3 Å². The summed E-state index contributed by atoms with van der Waals surface area (Å²) in [6.45, 7) is 2.81. The molecule has 2 heterocycles. The molecule has 1 aromatic carbocycles. The van der Waals surface area contributed by atoms with E-state index in [4.69, 9.17) is 0 Å². The molecule has 4 heteroatoms. The molecule has 0 spiro atoms. The monoisotopic (exact) mass is 255 g/mol. The molecular weight excluding hydrogens is 242 g/mol. The van der Waals surface area contributed by atoms with E-state index in [2.05, 4.69) is 33.7 Å². The molecular formula is C14H13N3S. The van der Waals surface area contributed by atoms with Gasteiger partial charge in [0.1, 0.15) is 5.00 Å². The molecule has 90 valence electrons. The van der Waals surface area contributed by atoms with Gasteiger partial charge in [-0.15, -0.1) is 0 Å². The second-order valence-electron chi connectivity index (χ2n) is 4.15. The molecule has 0 unspecified atom stereocenters. The van der Waals surface area contributed by atoms with Crippen molar-refractivity contribution in [1.29, 1.82) is 0 Å². The molecule has 3 nitrogen and oxygen atoms in total. The summed E-state index contributed by atoms with van der Waals surface area (Å²) < 4.78 is 4.41. The fourth-order valence-corrected chi connectivity index (χ4v) is 2.64. The predicted molar refractivity (Wildman–Crippen MR) is 75.9 cm³/mol. The lowest BCUT2D eigenvalue weighted by molar-refractivity contribution is 1.02. The van der Waals surface area contributed by atoms with E-state index in [-0.39, 0.29) is 0 Å². The number of anilines is 1. The molecule has 3 rings (SSSR count). The fourth-order valence-electron chi connectivity index (χ4n) is 1.88. The summed E-state index contributed by atoms with van der Waals surface area (Å²) in [5.41, 5.74) is 3.33. The topological polar surface area (TPSA) is 37.8 Å². The van der Waals surface area contributed by atoms with Gasteiger partial charge in [0.05, 0.1) is 17.8 Å². The number of hydrogen-bond acceptors (Lipinski definition) is 4. The number of nitrogens with zero attached hydrogens (tertiary/aromatic N) is 2. The maximum atomic E-state index is 4.41. The summed E-state index contributed by atoms with van der Waals surface area (Å²) >= 11 is 1.50. The Morgan fingerprint density at radius 3 is 2.94 bits per heavy atom. The Bertz CT molecular complexity index is 675. The lowest BCUT2D eigenvalue weighted by Gasteiger charge is -2.05. The smallest absolute Gasteiger partial charge is 0.117 e. The highest BCUT2D eigenvalue weighted by Crippen LogP contribution is 2.27. The van der Waals surface area contributed by atoms with E-state index in [0.717, 1.165) is 22.8 Å². The third-order valence-electron chi connectivity index (χ3n) is 2.92. The first-order valence-corrected chi connectivity index (χ1v) is 6.61. The van der Waals surface area contributed by atoms with Crippen LogP contribution in [0.3, 0.4) is 0 Å². The zero-order valence-corrected chi connectivity index (χ0v) is 10.9. The molecule has 0 fully saturated rings. The van der Waals surface area contributed by atoms with E-state index >= 15 is 0 Å². The number of nitrogens with one attached hydrogen (secondary N) is 1. The van der Waals surface area contributed by atoms with E-state index in [9.17, 15) is 0 Å². The lowest BCUT2D eigenvalue weighted by Crippen LogP contribution is -2.02. The van der Waals surface area contributed by atoms with E-state index in [1.807, 2.05) is 30.5 Å². The van der Waals surface area contributed by atoms with Gasteiger partial charge in [0, 0.05) is 11.6 Å². The molecule has 3 aromatic rings. The van der Waals surface area contributed by atoms with Crippen LogP contribution in [0.2, 0.25) is 0 Å². The fraction of sp³-hybridized carbons (Fsp3) is 0.143. The molecule has 2 aromatic heterocycles. The van der Waals surface area contributed by atoms with Crippen molar-refractivity contribution in [2.24, 2.45) is 0 Å². The number of pyridine rings is 1. The van der Waals surface area contributed by atoms with Crippen LogP contribution in [0.5, 0.6) is 0 Å². The summed E-state index contributed by atoms with van der Waals surface area (Å²) in [5.74, 6) is 0. The van der Waals surface area contributed by atoms with Gasteiger partial charge in [0.25, 0.3) is 0 Å². The van der Waals surface area contributed by atoms with Gasteiger partial charge >= 0.3 is 0 Å². The largest absolute Gasteiger partial charge is 0.369 e. The first-order chi connectivity index (χ1) is 8.84. The van der Waals surface area contributed by atoms with Crippen LogP contribution in [-0.2, 0) is 6.54 Å². The number of aryl methyl sites for hydroxylation is 1. The highest BCUT2D eigenvalue weighted by molar-refractivity contribution is 7.11. The molecule has 0 amide bonds. The van der Waals surface area contributed by atoms with E-state index in [1.54, 1.807) is 0 Å². The quantitative estimate of drug-likeness (QED) is 0.777. The molecule has 0 bridgehead atoms. The van der Waals surface area contributed by atoms with E-state index in [0.29, 0.717) is 0 Å². The number of hydrogen-bond donors (Lipinski definition) is 1. The number of fused-ring (bicyclic) bond motifs is 1. The summed E-state index contributed by atoms with van der Waals surface area (Å²) in [7, 11) is 0. The van der Waals surface area contributed by atoms with Crippen LogP contribution >= 0.6 is 11.5 Å². The van der Waals surface area contributed by atoms with Gasteiger partial charge in [0.2, 0.25) is 0 Å². The zero-order valence-electron chi connectivity index (χ0n) is 10.1. The third kappa shape index (κ3) is 2.07. The van der Waals surface area contributed by atoms with Crippen LogP contribution in [0, 0.1) is 6.92 Å². The normalized spacial score (nSPS) is 10.7. The second-order valence-corrected chi connectivity index (χ2v) is 4.92. The first kappa shape index (κ1) is 11.2. The molecule has 0 aliphatic carbocycles. The van der Waals surface area contributed by atoms with Crippen molar-refractivity contribution >= 4 is 27.4 Å². The highest BCUT2D eigenvalue weighted by atomic mass is 32.1. The van der Waals surface area contributed by atoms with Crippen LogP contribution in [-0.4, -0.2) is 9.36 Å². The zero-order chi connectivity index (χ0) is 12.4. The molecule has 0 aliphatic rings. The van der Waals surface area contributed by atoms with Crippen molar-refractivity contribution in [3.8, 4) is 0 Å². The van der Waals surface area contributed by atoms with Crippen molar-refractivity contribution in [2.45, 2.75) is 13.5 Å². The molecule has 0 atom stereocenters. The minimum absolute atomic E-state index is 0.735. The number of aromatic nitrogens is 2. The van der Waals surface area contributed by atoms with E-state index in [1.165, 1.54) is 22.5 Å². The summed E-state index contributed by atoms with van der Waals surface area (Å²) in [6.07, 6.45) is 1.83. The average Bonchev–Trinajstić information content (AvgIpc) is 2.81. The van der Waals surface area contributed by atoms with Crippen LogP contribution in [0.4, 0.5) is 5.00 Å². The summed E-state index contributed by atoms with van der Waals surface area (Å²) in [6, 6.07) is 12.2. The van der Waals surface area contributed by atoms with Gasteiger partial charge in [-0.25, -0.2) is 0 Å². The third-order valence-corrected chi connectivity index (χ3v) is 3.75. The predicted octanol–water partition coefficient (Wildman–Crippen LogP) is 3.61. The Morgan fingerprint density at radius 1 is 1.17 bits per heavy atom. The van der Waals surface area contributed by atoms with Gasteiger partial charge < -0.3 is 5.32 Å². The van der Waals surface area contributed by atoms with Crippen molar-refractivity contribution in [1.82, 2.24) is 9.36 Å². The van der Waals surface area contributed by atoms with Gasteiger partial charge in [0.15, 0.2) is 0 Å². The molecule has 0 radical (unpaired) electrons. The van der Waals surface area contributed by atoms with Crippen molar-refractivity contribution in [3.05, 3.63) is 53.9 Å². The highest BCUT2D eigenvalue weighted by Gasteiger charge is 2.05. The van der Waals surface area contributed by atoms with Crippen molar-refractivity contribution in [3.63, 3.8) is 0 Å². The summed E-state index contributed by atoms with van der Waals surface area (Å²) in [5, 5.41) is 5.70. The maximum Gasteiger partial charge on any atom is 0.117 e. The Hall–Kier alpha value is -1.94. The van der Waals surface area contributed by atoms with Crippen molar-refractivity contribution < 1.29 is 0 Å². The molecule has 18 heavy (non-hydrogen) atoms. The van der Waals surface area contributed by atoms with Crippen LogP contribution < -0.4 is 5.32 Å². The van der Waals surface area contributed by atoms with E-state index < -0.39 is 0 Å². The van der Waals surface area contributed by atoms with Gasteiger partial charge in [-0.3, -0.25) is 4.98 Å². The standard InChI is InChI=1S/C14H13N3S/c1-10-5-4-8-15-13(10)9-16-14-11-6-2-3-7-12(11)17-18-14/h2-8,16H,9H2,1H3. The Kier molecular flexibility index (Phi) is 2.94.